The second kappa shape index (κ2) is 3.90. The van der Waals surface area contributed by atoms with Gasteiger partial charge in [0, 0.05) is 6.20 Å². The van der Waals surface area contributed by atoms with E-state index in [9.17, 15) is 0 Å². The molecule has 78 valence electrons. The highest BCUT2D eigenvalue weighted by Crippen LogP contribution is 2.20. The van der Waals surface area contributed by atoms with E-state index in [0.717, 1.165) is 9.35 Å². The molecule has 0 bridgehead atoms. The van der Waals surface area contributed by atoms with Gasteiger partial charge < -0.3 is 0 Å². The fraction of sp³-hybridized carbons (Fsp3) is 0. The predicted octanol–water partition coefficient (Wildman–Crippen LogP) is 3.61. The Morgan fingerprint density at radius 3 is 2.56 bits per heavy atom. The summed E-state index contributed by atoms with van der Waals surface area (Å²) in [6, 6.07) is 14.5. The highest BCUT2D eigenvalue weighted by atomic mass is 127. The molecule has 2 heterocycles. The first-order chi connectivity index (χ1) is 7.84. The molecule has 3 aromatic rings. The minimum absolute atomic E-state index is 0.990. The smallest absolute Gasteiger partial charge is 0.137 e. The Balaban J connectivity index is 2.22. The van der Waals surface area contributed by atoms with Crippen molar-refractivity contribution < 1.29 is 0 Å². The number of rotatable bonds is 1. The monoisotopic (exact) mass is 320 g/mol. The van der Waals surface area contributed by atoms with Gasteiger partial charge in [-0.15, -0.1) is 0 Å². The van der Waals surface area contributed by atoms with Crippen molar-refractivity contribution >= 4 is 28.2 Å². The molecule has 0 radical (unpaired) electrons. The number of benzene rings is 1. The van der Waals surface area contributed by atoms with E-state index in [1.165, 1.54) is 11.1 Å². The van der Waals surface area contributed by atoms with E-state index in [2.05, 4.69) is 68.5 Å². The van der Waals surface area contributed by atoms with Crippen LogP contribution in [0.2, 0.25) is 0 Å². The Hall–Kier alpha value is -1.36. The number of halogens is 1. The number of aromatic nitrogens is 2. The topological polar surface area (TPSA) is 17.3 Å². The lowest BCUT2D eigenvalue weighted by molar-refractivity contribution is 1.15. The molecule has 0 aliphatic heterocycles. The van der Waals surface area contributed by atoms with Crippen molar-refractivity contribution in [3.63, 3.8) is 0 Å². The molecule has 0 spiro atoms. The Morgan fingerprint density at radius 2 is 1.75 bits per heavy atom. The first-order valence-corrected chi connectivity index (χ1v) is 6.10. The van der Waals surface area contributed by atoms with Crippen LogP contribution in [0.3, 0.4) is 0 Å². The number of hydrogen-bond donors (Lipinski definition) is 0. The van der Waals surface area contributed by atoms with Gasteiger partial charge in [0.1, 0.15) is 9.35 Å². The summed E-state index contributed by atoms with van der Waals surface area (Å²) in [4.78, 5) is 4.31. The van der Waals surface area contributed by atoms with Crippen molar-refractivity contribution in [3.05, 3.63) is 58.6 Å². The fourth-order valence-corrected chi connectivity index (χ4v) is 2.28. The minimum atomic E-state index is 0.990. The van der Waals surface area contributed by atoms with Gasteiger partial charge >= 0.3 is 0 Å². The third-order valence-corrected chi connectivity index (χ3v) is 3.37. The highest BCUT2D eigenvalue weighted by Gasteiger charge is 2.02. The maximum atomic E-state index is 4.31. The van der Waals surface area contributed by atoms with Crippen LogP contribution in [0, 0.1) is 3.70 Å². The molecule has 0 atom stereocenters. The molecule has 0 unspecified atom stereocenters. The van der Waals surface area contributed by atoms with Crippen molar-refractivity contribution in [2.24, 2.45) is 0 Å². The number of hydrogen-bond acceptors (Lipinski definition) is 1. The van der Waals surface area contributed by atoms with E-state index >= 15 is 0 Å². The molecule has 3 heteroatoms. The van der Waals surface area contributed by atoms with Gasteiger partial charge in [0.25, 0.3) is 0 Å². The van der Waals surface area contributed by atoms with Crippen molar-refractivity contribution in [2.45, 2.75) is 0 Å². The molecule has 3 rings (SSSR count). The van der Waals surface area contributed by atoms with Crippen molar-refractivity contribution in [2.75, 3.05) is 0 Å². The second-order valence-electron chi connectivity index (χ2n) is 3.59. The Morgan fingerprint density at radius 1 is 0.938 bits per heavy atom. The Labute approximate surface area is 107 Å². The summed E-state index contributed by atoms with van der Waals surface area (Å²) < 4.78 is 3.23. The van der Waals surface area contributed by atoms with Gasteiger partial charge in [0.05, 0.1) is 6.20 Å². The lowest BCUT2D eigenvalue weighted by Gasteiger charge is -2.02. The van der Waals surface area contributed by atoms with E-state index in [0.29, 0.717) is 0 Å². The standard InChI is InChI=1S/C13H9IN2/c14-12-8-15-13-7-6-11(9-16(12)13)10-4-2-1-3-5-10/h1-9H. The average molecular weight is 320 g/mol. The fourth-order valence-electron chi connectivity index (χ4n) is 1.75. The summed E-state index contributed by atoms with van der Waals surface area (Å²) in [6.45, 7) is 0. The molecular formula is C13H9IN2. The van der Waals surface area contributed by atoms with Crippen LogP contribution in [0.25, 0.3) is 16.8 Å². The molecule has 2 nitrogen and oxygen atoms in total. The van der Waals surface area contributed by atoms with Crippen LogP contribution in [-0.2, 0) is 0 Å². The summed E-state index contributed by atoms with van der Waals surface area (Å²) in [6.07, 6.45) is 4.00. The number of imidazole rings is 1. The largest absolute Gasteiger partial charge is 0.294 e. The zero-order chi connectivity index (χ0) is 11.0. The van der Waals surface area contributed by atoms with Crippen LogP contribution in [-0.4, -0.2) is 9.38 Å². The second-order valence-corrected chi connectivity index (χ2v) is 4.70. The number of nitrogens with zero attached hydrogens (tertiary/aromatic N) is 2. The summed E-state index contributed by atoms with van der Waals surface area (Å²) in [7, 11) is 0. The molecule has 0 fully saturated rings. The maximum Gasteiger partial charge on any atom is 0.137 e. The van der Waals surface area contributed by atoms with E-state index < -0.39 is 0 Å². The predicted molar refractivity (Wildman–Crippen MR) is 73.3 cm³/mol. The molecule has 0 aliphatic rings. The van der Waals surface area contributed by atoms with E-state index in [1.807, 2.05) is 18.3 Å². The molecule has 0 aliphatic carbocycles. The molecule has 2 aromatic heterocycles. The Kier molecular flexibility index (Phi) is 2.40. The van der Waals surface area contributed by atoms with Crippen molar-refractivity contribution in [3.8, 4) is 11.1 Å². The van der Waals surface area contributed by atoms with Gasteiger partial charge in [-0.2, -0.15) is 0 Å². The molecule has 0 N–H and O–H groups in total. The number of fused-ring (bicyclic) bond motifs is 1. The summed E-state index contributed by atoms with van der Waals surface area (Å²) in [5.74, 6) is 0. The van der Waals surface area contributed by atoms with Gasteiger partial charge in [-0.1, -0.05) is 30.3 Å². The molecule has 16 heavy (non-hydrogen) atoms. The van der Waals surface area contributed by atoms with Gasteiger partial charge in [0.2, 0.25) is 0 Å². The SMILES string of the molecule is Ic1cnc2ccc(-c3ccccc3)cn12. The quantitative estimate of drug-likeness (QED) is 0.626. The lowest BCUT2D eigenvalue weighted by atomic mass is 10.1. The third kappa shape index (κ3) is 1.61. The lowest BCUT2D eigenvalue weighted by Crippen LogP contribution is -1.88. The van der Waals surface area contributed by atoms with Crippen LogP contribution in [0.1, 0.15) is 0 Å². The average Bonchev–Trinajstić information content (AvgIpc) is 2.72. The zero-order valence-corrected chi connectivity index (χ0v) is 10.6. The third-order valence-electron chi connectivity index (χ3n) is 2.57. The van der Waals surface area contributed by atoms with E-state index in [1.54, 1.807) is 0 Å². The summed E-state index contributed by atoms with van der Waals surface area (Å²) in [5, 5.41) is 0. The first kappa shape index (κ1) is 9.84. The van der Waals surface area contributed by atoms with Gasteiger partial charge in [-0.25, -0.2) is 4.98 Å². The molecule has 1 aromatic carbocycles. The Bertz CT molecular complexity index is 629. The maximum absolute atomic E-state index is 4.31. The van der Waals surface area contributed by atoms with Crippen LogP contribution in [0.4, 0.5) is 0 Å². The van der Waals surface area contributed by atoms with Crippen LogP contribution < -0.4 is 0 Å². The van der Waals surface area contributed by atoms with Crippen LogP contribution >= 0.6 is 22.6 Å². The normalized spacial score (nSPS) is 10.8. The first-order valence-electron chi connectivity index (χ1n) is 5.02. The summed E-state index contributed by atoms with van der Waals surface area (Å²) >= 11 is 2.29. The zero-order valence-electron chi connectivity index (χ0n) is 8.47. The van der Waals surface area contributed by atoms with E-state index in [-0.39, 0.29) is 0 Å². The van der Waals surface area contributed by atoms with Crippen molar-refractivity contribution in [1.29, 1.82) is 0 Å². The molecule has 0 amide bonds. The molecule has 0 saturated heterocycles. The van der Waals surface area contributed by atoms with Gasteiger partial charge in [-0.3, -0.25) is 4.40 Å². The van der Waals surface area contributed by atoms with Gasteiger partial charge in [0.15, 0.2) is 0 Å². The molecule has 0 saturated carbocycles. The van der Waals surface area contributed by atoms with Crippen molar-refractivity contribution in [1.82, 2.24) is 9.38 Å². The minimum Gasteiger partial charge on any atom is -0.294 e. The van der Waals surface area contributed by atoms with Gasteiger partial charge in [-0.05, 0) is 45.9 Å². The number of pyridine rings is 1. The molecular weight excluding hydrogens is 311 g/mol. The van der Waals surface area contributed by atoms with Crippen LogP contribution in [0.15, 0.2) is 54.9 Å². The van der Waals surface area contributed by atoms with Crippen LogP contribution in [0.5, 0.6) is 0 Å². The highest BCUT2D eigenvalue weighted by molar-refractivity contribution is 14.1. The van der Waals surface area contributed by atoms with E-state index in [4.69, 9.17) is 0 Å². The summed E-state index contributed by atoms with van der Waals surface area (Å²) in [5.41, 5.74) is 3.43.